The van der Waals surface area contributed by atoms with Crippen LogP contribution in [0.4, 0.5) is 0 Å². The highest BCUT2D eigenvalue weighted by molar-refractivity contribution is 5.36. The average molecular weight is 213 g/mol. The molecule has 1 aliphatic rings. The lowest BCUT2D eigenvalue weighted by molar-refractivity contribution is 0.572. The molecule has 16 heavy (non-hydrogen) atoms. The van der Waals surface area contributed by atoms with Gasteiger partial charge in [-0.3, -0.25) is 0 Å². The van der Waals surface area contributed by atoms with Crippen LogP contribution in [0.2, 0.25) is 0 Å². The third kappa shape index (κ3) is 1.97. The first-order chi connectivity index (χ1) is 7.80. The van der Waals surface area contributed by atoms with Gasteiger partial charge in [-0.25, -0.2) is 0 Å². The van der Waals surface area contributed by atoms with Crippen LogP contribution in [0.25, 0.3) is 0 Å². The van der Waals surface area contributed by atoms with Gasteiger partial charge in [-0.05, 0) is 30.4 Å². The van der Waals surface area contributed by atoms with Crippen molar-refractivity contribution < 1.29 is 0 Å². The van der Waals surface area contributed by atoms with Gasteiger partial charge in [0.25, 0.3) is 0 Å². The molecule has 0 aromatic heterocycles. The second kappa shape index (κ2) is 4.70. The topological polar surface area (TPSA) is 23.8 Å². The smallest absolute Gasteiger partial charge is 0.0822 e. The Bertz CT molecular complexity index is 394. The Kier molecular flexibility index (Phi) is 3.29. The first-order valence-electron chi connectivity index (χ1n) is 6.31. The summed E-state index contributed by atoms with van der Waals surface area (Å²) in [5.74, 6) is 0. The van der Waals surface area contributed by atoms with Crippen molar-refractivity contribution in [1.82, 2.24) is 0 Å². The number of benzene rings is 1. The third-order valence-corrected chi connectivity index (χ3v) is 3.69. The lowest BCUT2D eigenvalue weighted by Gasteiger charge is -2.21. The van der Waals surface area contributed by atoms with Crippen molar-refractivity contribution in [2.24, 2.45) is 0 Å². The van der Waals surface area contributed by atoms with Crippen LogP contribution in [0.15, 0.2) is 24.3 Å². The zero-order chi connectivity index (χ0) is 11.4. The van der Waals surface area contributed by atoms with Crippen molar-refractivity contribution in [2.45, 2.75) is 50.9 Å². The minimum absolute atomic E-state index is 0.177. The van der Waals surface area contributed by atoms with Gasteiger partial charge in [0.2, 0.25) is 0 Å². The molecule has 0 N–H and O–H groups in total. The summed E-state index contributed by atoms with van der Waals surface area (Å²) in [5.41, 5.74) is 2.45. The van der Waals surface area contributed by atoms with E-state index in [0.29, 0.717) is 0 Å². The van der Waals surface area contributed by atoms with E-state index < -0.39 is 0 Å². The van der Waals surface area contributed by atoms with Crippen LogP contribution >= 0.6 is 0 Å². The van der Waals surface area contributed by atoms with Gasteiger partial charge in [-0.2, -0.15) is 5.26 Å². The van der Waals surface area contributed by atoms with E-state index in [0.717, 1.165) is 19.3 Å². The number of rotatable bonds is 3. The fourth-order valence-electron chi connectivity index (χ4n) is 2.76. The fourth-order valence-corrected chi connectivity index (χ4v) is 2.76. The lowest BCUT2D eigenvalue weighted by atomic mass is 9.79. The quantitative estimate of drug-likeness (QED) is 0.745. The van der Waals surface area contributed by atoms with Crippen molar-refractivity contribution in [1.29, 1.82) is 5.26 Å². The predicted octanol–water partition coefficient (Wildman–Crippen LogP) is 3.97. The van der Waals surface area contributed by atoms with Crippen molar-refractivity contribution in [3.63, 3.8) is 0 Å². The minimum Gasteiger partial charge on any atom is -0.197 e. The molecule has 1 heteroatoms. The van der Waals surface area contributed by atoms with Gasteiger partial charge >= 0.3 is 0 Å². The van der Waals surface area contributed by atoms with E-state index in [2.05, 4.69) is 37.3 Å². The van der Waals surface area contributed by atoms with Crippen molar-refractivity contribution in [3.8, 4) is 6.07 Å². The molecule has 0 unspecified atom stereocenters. The summed E-state index contributed by atoms with van der Waals surface area (Å²) in [6.45, 7) is 2.20. The van der Waals surface area contributed by atoms with E-state index in [9.17, 15) is 5.26 Å². The molecule has 0 spiro atoms. The summed E-state index contributed by atoms with van der Waals surface area (Å²) in [6, 6.07) is 11.2. The Balaban J connectivity index is 2.32. The van der Waals surface area contributed by atoms with Gasteiger partial charge in [-0.15, -0.1) is 0 Å². The van der Waals surface area contributed by atoms with Gasteiger partial charge in [0.1, 0.15) is 0 Å². The van der Waals surface area contributed by atoms with Crippen LogP contribution in [0, 0.1) is 11.3 Å². The first kappa shape index (κ1) is 11.2. The fraction of sp³-hybridized carbons (Fsp3) is 0.533. The number of nitriles is 1. The summed E-state index contributed by atoms with van der Waals surface area (Å²) in [7, 11) is 0. The summed E-state index contributed by atoms with van der Waals surface area (Å²) in [6.07, 6.45) is 6.77. The van der Waals surface area contributed by atoms with Crippen molar-refractivity contribution in [2.75, 3.05) is 0 Å². The Labute approximate surface area is 98.1 Å². The molecule has 1 fully saturated rings. The van der Waals surface area contributed by atoms with E-state index >= 15 is 0 Å². The monoisotopic (exact) mass is 213 g/mol. The zero-order valence-electron chi connectivity index (χ0n) is 10.00. The number of nitrogens with zero attached hydrogens (tertiary/aromatic N) is 1. The third-order valence-electron chi connectivity index (χ3n) is 3.69. The van der Waals surface area contributed by atoms with Crippen LogP contribution < -0.4 is 0 Å². The molecule has 1 nitrogen and oxygen atoms in total. The summed E-state index contributed by atoms with van der Waals surface area (Å²) >= 11 is 0. The van der Waals surface area contributed by atoms with Crippen LogP contribution in [0.5, 0.6) is 0 Å². The van der Waals surface area contributed by atoms with E-state index in [4.69, 9.17) is 0 Å². The number of hydrogen-bond donors (Lipinski definition) is 0. The van der Waals surface area contributed by atoms with Gasteiger partial charge < -0.3 is 0 Å². The average Bonchev–Trinajstić information content (AvgIpc) is 2.80. The highest BCUT2D eigenvalue weighted by Gasteiger charge is 2.35. The zero-order valence-corrected chi connectivity index (χ0v) is 10.00. The van der Waals surface area contributed by atoms with Crippen molar-refractivity contribution >= 4 is 0 Å². The molecule has 2 rings (SSSR count). The molecule has 1 saturated carbocycles. The largest absolute Gasteiger partial charge is 0.197 e. The maximum Gasteiger partial charge on any atom is 0.0822 e. The second-order valence-corrected chi connectivity index (χ2v) is 4.85. The lowest BCUT2D eigenvalue weighted by Crippen LogP contribution is -2.19. The maximum atomic E-state index is 9.44. The van der Waals surface area contributed by atoms with Gasteiger partial charge in [-0.1, -0.05) is 50.5 Å². The van der Waals surface area contributed by atoms with Crippen LogP contribution in [0.1, 0.15) is 50.2 Å². The van der Waals surface area contributed by atoms with Gasteiger partial charge in [0.05, 0.1) is 11.5 Å². The van der Waals surface area contributed by atoms with E-state index in [1.54, 1.807) is 0 Å². The molecule has 0 bridgehead atoms. The van der Waals surface area contributed by atoms with E-state index in [-0.39, 0.29) is 5.41 Å². The summed E-state index contributed by atoms with van der Waals surface area (Å²) in [5, 5.41) is 9.44. The van der Waals surface area contributed by atoms with E-state index in [1.165, 1.54) is 30.4 Å². The predicted molar refractivity (Wildman–Crippen MR) is 66.2 cm³/mol. The maximum absolute atomic E-state index is 9.44. The molecule has 0 atom stereocenters. The Morgan fingerprint density at radius 2 is 2.06 bits per heavy atom. The Morgan fingerprint density at radius 3 is 2.69 bits per heavy atom. The number of hydrogen-bond acceptors (Lipinski definition) is 1. The highest BCUT2D eigenvalue weighted by atomic mass is 14.4. The minimum atomic E-state index is -0.177. The highest BCUT2D eigenvalue weighted by Crippen LogP contribution is 2.40. The second-order valence-electron chi connectivity index (χ2n) is 4.85. The van der Waals surface area contributed by atoms with Gasteiger partial charge in [0, 0.05) is 0 Å². The number of aryl methyl sites for hydroxylation is 1. The normalized spacial score (nSPS) is 18.2. The van der Waals surface area contributed by atoms with Gasteiger partial charge in [0.15, 0.2) is 0 Å². The Morgan fingerprint density at radius 1 is 1.31 bits per heavy atom. The summed E-state index contributed by atoms with van der Waals surface area (Å²) in [4.78, 5) is 0. The molecule has 1 aromatic rings. The van der Waals surface area contributed by atoms with E-state index in [1.807, 2.05) is 0 Å². The molecule has 1 aliphatic carbocycles. The molecule has 0 heterocycles. The van der Waals surface area contributed by atoms with Crippen molar-refractivity contribution in [3.05, 3.63) is 35.4 Å². The van der Waals surface area contributed by atoms with Crippen LogP contribution in [0.3, 0.4) is 0 Å². The van der Waals surface area contributed by atoms with Crippen LogP contribution in [-0.4, -0.2) is 0 Å². The SMILES string of the molecule is CCCc1cccc(C2(C#N)CCCC2)c1. The first-order valence-corrected chi connectivity index (χ1v) is 6.31. The Hall–Kier alpha value is -1.29. The molecule has 0 aliphatic heterocycles. The molecular weight excluding hydrogens is 194 g/mol. The summed E-state index contributed by atoms with van der Waals surface area (Å²) < 4.78 is 0. The molecule has 0 saturated heterocycles. The standard InChI is InChI=1S/C15H19N/c1-2-6-13-7-5-8-14(11-13)15(12-16)9-3-4-10-15/h5,7-8,11H,2-4,6,9-10H2,1H3. The molecule has 0 radical (unpaired) electrons. The van der Waals surface area contributed by atoms with Crippen LogP contribution in [-0.2, 0) is 11.8 Å². The molecular formula is C15H19N. The molecule has 1 aromatic carbocycles. The molecule has 0 amide bonds. The molecule has 84 valence electrons.